The van der Waals surface area contributed by atoms with Crippen molar-refractivity contribution in [3.05, 3.63) is 70.0 Å². The largest absolute Gasteiger partial charge is 0.465 e. The van der Waals surface area contributed by atoms with Crippen LogP contribution in [-0.2, 0) is 6.42 Å². The summed E-state index contributed by atoms with van der Waals surface area (Å²) < 4.78 is 42.6. The van der Waals surface area contributed by atoms with Crippen LogP contribution in [-0.4, -0.2) is 27.3 Å². The molecule has 26 heavy (non-hydrogen) atoms. The zero-order valence-electron chi connectivity index (χ0n) is 13.2. The van der Waals surface area contributed by atoms with Gasteiger partial charge in [-0.1, -0.05) is 6.07 Å². The molecule has 2 N–H and O–H groups in total. The number of halogens is 3. The van der Waals surface area contributed by atoms with E-state index in [1.807, 2.05) is 0 Å². The van der Waals surface area contributed by atoms with Crippen LogP contribution in [0.25, 0.3) is 16.6 Å². The highest BCUT2D eigenvalue weighted by Gasteiger charge is 2.18. The average Bonchev–Trinajstić information content (AvgIpc) is 2.57. The van der Waals surface area contributed by atoms with Gasteiger partial charge in [-0.05, 0) is 30.3 Å². The molecule has 0 radical (unpaired) electrons. The first kappa shape index (κ1) is 17.5. The van der Waals surface area contributed by atoms with Crippen molar-refractivity contribution in [2.45, 2.75) is 6.42 Å². The van der Waals surface area contributed by atoms with Gasteiger partial charge in [-0.2, -0.15) is 0 Å². The van der Waals surface area contributed by atoms with Crippen molar-refractivity contribution in [1.82, 2.24) is 14.9 Å². The van der Waals surface area contributed by atoms with Gasteiger partial charge in [0.05, 0.1) is 5.69 Å². The quantitative estimate of drug-likeness (QED) is 0.746. The lowest BCUT2D eigenvalue weighted by atomic mass is 10.2. The maximum atomic E-state index is 14.1. The van der Waals surface area contributed by atoms with E-state index in [0.29, 0.717) is 0 Å². The molecule has 3 rings (SSSR count). The molecule has 0 spiro atoms. The number of fused-ring (bicyclic) bond motifs is 1. The smallest absolute Gasteiger partial charge is 0.404 e. The molecule has 134 valence electrons. The maximum absolute atomic E-state index is 14.1. The summed E-state index contributed by atoms with van der Waals surface area (Å²) in [5, 5.41) is 10.2. The molecule has 0 unspecified atom stereocenters. The van der Waals surface area contributed by atoms with Crippen molar-refractivity contribution in [2.75, 3.05) is 6.54 Å². The highest BCUT2D eigenvalue weighted by Crippen LogP contribution is 2.19. The van der Waals surface area contributed by atoms with E-state index in [4.69, 9.17) is 5.11 Å². The number of rotatable bonds is 4. The molecule has 0 bridgehead atoms. The molecule has 1 aromatic heterocycles. The molecule has 0 aliphatic carbocycles. The Hall–Kier alpha value is -3.36. The number of hydrogen-bond donors (Lipinski definition) is 2. The van der Waals surface area contributed by atoms with E-state index >= 15 is 0 Å². The van der Waals surface area contributed by atoms with Gasteiger partial charge in [0.25, 0.3) is 5.56 Å². The molecule has 2 aromatic carbocycles. The van der Waals surface area contributed by atoms with Gasteiger partial charge in [-0.3, -0.25) is 9.36 Å². The molecule has 3 aromatic rings. The monoisotopic (exact) mass is 363 g/mol. The Labute approximate surface area is 144 Å². The highest BCUT2D eigenvalue weighted by molar-refractivity contribution is 5.79. The van der Waals surface area contributed by atoms with Crippen LogP contribution in [0.1, 0.15) is 5.82 Å². The fraction of sp³-hybridized carbons (Fsp3) is 0.118. The van der Waals surface area contributed by atoms with Crippen LogP contribution < -0.4 is 10.9 Å². The van der Waals surface area contributed by atoms with E-state index in [1.165, 1.54) is 12.1 Å². The molecule has 0 saturated carbocycles. The summed E-state index contributed by atoms with van der Waals surface area (Å²) in [6, 6.07) is 6.61. The molecular formula is C17H12F3N3O3. The van der Waals surface area contributed by atoms with E-state index in [2.05, 4.69) is 10.3 Å². The lowest BCUT2D eigenvalue weighted by Gasteiger charge is -2.14. The third kappa shape index (κ3) is 3.23. The van der Waals surface area contributed by atoms with Crippen LogP contribution in [0.2, 0.25) is 0 Å². The third-order valence-electron chi connectivity index (χ3n) is 3.69. The number of amides is 1. The zero-order valence-corrected chi connectivity index (χ0v) is 13.2. The fourth-order valence-electron chi connectivity index (χ4n) is 2.59. The fourth-order valence-corrected chi connectivity index (χ4v) is 2.59. The van der Waals surface area contributed by atoms with Gasteiger partial charge in [0.15, 0.2) is 0 Å². The first-order valence-corrected chi connectivity index (χ1v) is 7.51. The lowest BCUT2D eigenvalue weighted by molar-refractivity contribution is 0.194. The van der Waals surface area contributed by atoms with E-state index in [-0.39, 0.29) is 24.5 Å². The number of benzene rings is 2. The summed E-state index contributed by atoms with van der Waals surface area (Å²) in [6.45, 7) is -0.125. The van der Waals surface area contributed by atoms with Crippen molar-refractivity contribution in [2.24, 2.45) is 0 Å². The first-order valence-electron chi connectivity index (χ1n) is 7.51. The highest BCUT2D eigenvalue weighted by atomic mass is 19.1. The second kappa shape index (κ2) is 6.87. The van der Waals surface area contributed by atoms with Crippen LogP contribution in [0.15, 0.2) is 41.2 Å². The van der Waals surface area contributed by atoms with Crippen molar-refractivity contribution in [3.8, 4) is 5.69 Å². The van der Waals surface area contributed by atoms with Gasteiger partial charge >= 0.3 is 6.09 Å². The Morgan fingerprint density at radius 3 is 2.58 bits per heavy atom. The molecule has 0 atom stereocenters. The molecule has 0 aliphatic heterocycles. The average molecular weight is 363 g/mol. The minimum Gasteiger partial charge on any atom is -0.465 e. The van der Waals surface area contributed by atoms with Crippen molar-refractivity contribution < 1.29 is 23.1 Å². The van der Waals surface area contributed by atoms with Crippen LogP contribution in [0.4, 0.5) is 18.0 Å². The predicted octanol–water partition coefficient (Wildman–Crippen LogP) is 2.61. The van der Waals surface area contributed by atoms with Crippen molar-refractivity contribution >= 4 is 17.0 Å². The zero-order chi connectivity index (χ0) is 18.8. The Balaban J connectivity index is 2.28. The minimum atomic E-state index is -1.29. The summed E-state index contributed by atoms with van der Waals surface area (Å²) in [6.07, 6.45) is -1.38. The van der Waals surface area contributed by atoms with Gasteiger partial charge in [-0.15, -0.1) is 0 Å². The van der Waals surface area contributed by atoms with Gasteiger partial charge < -0.3 is 10.4 Å². The molecule has 0 aliphatic rings. The van der Waals surface area contributed by atoms with Crippen molar-refractivity contribution in [1.29, 1.82) is 0 Å². The van der Waals surface area contributed by atoms with Gasteiger partial charge in [-0.25, -0.2) is 22.9 Å². The summed E-state index contributed by atoms with van der Waals surface area (Å²) in [5.41, 5.74) is -1.31. The molecule has 1 amide bonds. The Morgan fingerprint density at radius 2 is 1.88 bits per heavy atom. The minimum absolute atomic E-state index is 0.0358. The first-order chi connectivity index (χ1) is 12.4. The molecule has 0 fully saturated rings. The number of carbonyl (C=O) groups is 1. The van der Waals surface area contributed by atoms with E-state index in [0.717, 1.165) is 28.8 Å². The Kier molecular flexibility index (Phi) is 4.61. The van der Waals surface area contributed by atoms with Crippen LogP contribution in [0.3, 0.4) is 0 Å². The number of carboxylic acid groups (broad SMARTS) is 1. The number of nitrogens with one attached hydrogen (secondary N) is 1. The van der Waals surface area contributed by atoms with Crippen LogP contribution >= 0.6 is 0 Å². The Bertz CT molecular complexity index is 1070. The summed E-state index contributed by atoms with van der Waals surface area (Å²) in [7, 11) is 0. The molecule has 1 heterocycles. The SMILES string of the molecule is O=C(O)NCCc1nc2c(F)ccc(F)c2c(=O)n1-c1cccc(F)c1. The normalized spacial score (nSPS) is 10.9. The van der Waals surface area contributed by atoms with Crippen LogP contribution in [0.5, 0.6) is 0 Å². The van der Waals surface area contributed by atoms with Gasteiger partial charge in [0.1, 0.15) is 34.2 Å². The number of hydrogen-bond acceptors (Lipinski definition) is 3. The standard InChI is InChI=1S/C17H12F3N3O3/c18-9-2-1-3-10(8-9)23-13(6-7-21-17(25)26)22-15-12(20)5-4-11(19)14(15)16(23)24/h1-5,8,21H,6-7H2,(H,25,26). The predicted molar refractivity (Wildman–Crippen MR) is 86.9 cm³/mol. The van der Waals surface area contributed by atoms with Gasteiger partial charge in [0, 0.05) is 13.0 Å². The topological polar surface area (TPSA) is 84.2 Å². The van der Waals surface area contributed by atoms with E-state index in [1.54, 1.807) is 0 Å². The lowest BCUT2D eigenvalue weighted by Crippen LogP contribution is -2.29. The van der Waals surface area contributed by atoms with Gasteiger partial charge in [0.2, 0.25) is 0 Å². The second-order valence-corrected chi connectivity index (χ2v) is 5.38. The molecule has 0 saturated heterocycles. The molecular weight excluding hydrogens is 351 g/mol. The molecule has 9 heteroatoms. The van der Waals surface area contributed by atoms with E-state index < -0.39 is 40.0 Å². The summed E-state index contributed by atoms with van der Waals surface area (Å²) in [4.78, 5) is 27.4. The molecule has 6 nitrogen and oxygen atoms in total. The maximum Gasteiger partial charge on any atom is 0.404 e. The van der Waals surface area contributed by atoms with Crippen LogP contribution in [0, 0.1) is 17.5 Å². The summed E-state index contributed by atoms with van der Waals surface area (Å²) in [5.74, 6) is -2.52. The van der Waals surface area contributed by atoms with E-state index in [9.17, 15) is 22.8 Å². The third-order valence-corrected chi connectivity index (χ3v) is 3.69. The number of nitrogens with zero attached hydrogens (tertiary/aromatic N) is 2. The second-order valence-electron chi connectivity index (χ2n) is 5.38. The Morgan fingerprint density at radius 1 is 1.15 bits per heavy atom. The number of aromatic nitrogens is 2. The summed E-state index contributed by atoms with van der Waals surface area (Å²) >= 11 is 0. The van der Waals surface area contributed by atoms with Crippen molar-refractivity contribution in [3.63, 3.8) is 0 Å².